The molecule has 5 nitrogen and oxygen atoms in total. The van der Waals surface area contributed by atoms with E-state index >= 15 is 0 Å². The van der Waals surface area contributed by atoms with E-state index in [-0.39, 0.29) is 18.0 Å². The molecule has 1 saturated carbocycles. The summed E-state index contributed by atoms with van der Waals surface area (Å²) in [5.41, 5.74) is 1.20. The van der Waals surface area contributed by atoms with Crippen LogP contribution in [0, 0.1) is 18.7 Å². The molecule has 1 aliphatic carbocycles. The van der Waals surface area contributed by atoms with Gasteiger partial charge in [0.05, 0.1) is 12.1 Å². The van der Waals surface area contributed by atoms with E-state index in [1.165, 1.54) is 18.9 Å². The van der Waals surface area contributed by atoms with Crippen LogP contribution in [-0.2, 0) is 0 Å². The summed E-state index contributed by atoms with van der Waals surface area (Å²) in [6, 6.07) is 4.88. The third kappa shape index (κ3) is 3.01. The van der Waals surface area contributed by atoms with Crippen molar-refractivity contribution in [2.24, 2.45) is 5.92 Å². The van der Waals surface area contributed by atoms with Crippen molar-refractivity contribution >= 4 is 0 Å². The molecule has 0 spiro atoms. The Bertz CT molecular complexity index is 714. The summed E-state index contributed by atoms with van der Waals surface area (Å²) < 4.78 is 19.1. The summed E-state index contributed by atoms with van der Waals surface area (Å²) in [5, 5.41) is 14.0. The molecule has 2 fully saturated rings. The van der Waals surface area contributed by atoms with Crippen molar-refractivity contribution < 1.29 is 14.0 Å². The number of β-amino-alcohol motifs (C(OH)–C–C–N with tert-alkyl or cyclic N) is 1. The third-order valence-corrected chi connectivity index (χ3v) is 4.73. The third-order valence-electron chi connectivity index (χ3n) is 4.73. The fraction of sp³-hybridized carbons (Fsp3) is 0.529. The number of aliphatic hydroxyl groups excluding tert-OH is 1. The number of hydrogen-bond donors (Lipinski definition) is 1. The van der Waals surface area contributed by atoms with Crippen LogP contribution in [0.3, 0.4) is 0 Å². The van der Waals surface area contributed by atoms with Crippen LogP contribution < -0.4 is 0 Å². The van der Waals surface area contributed by atoms with E-state index in [0.29, 0.717) is 35.8 Å². The van der Waals surface area contributed by atoms with Gasteiger partial charge in [-0.1, -0.05) is 17.3 Å². The van der Waals surface area contributed by atoms with Gasteiger partial charge < -0.3 is 9.63 Å². The van der Waals surface area contributed by atoms with E-state index in [1.807, 2.05) is 0 Å². The molecule has 1 N–H and O–H groups in total. The average molecular weight is 317 g/mol. The van der Waals surface area contributed by atoms with Gasteiger partial charge in [0.15, 0.2) is 0 Å². The number of benzene rings is 1. The first-order valence-corrected chi connectivity index (χ1v) is 8.12. The molecule has 122 valence electrons. The first kappa shape index (κ1) is 14.8. The van der Waals surface area contributed by atoms with Crippen LogP contribution in [0.15, 0.2) is 22.7 Å². The van der Waals surface area contributed by atoms with Crippen molar-refractivity contribution in [3.05, 3.63) is 35.5 Å². The molecule has 0 radical (unpaired) electrons. The molecule has 1 aromatic heterocycles. The Balaban J connectivity index is 1.57. The Labute approximate surface area is 134 Å². The number of aromatic nitrogens is 2. The lowest BCUT2D eigenvalue weighted by Crippen LogP contribution is -2.27. The summed E-state index contributed by atoms with van der Waals surface area (Å²) in [5.74, 6) is 1.36. The molecule has 2 unspecified atom stereocenters. The molecule has 23 heavy (non-hydrogen) atoms. The largest absolute Gasteiger partial charge is 0.392 e. The SMILES string of the molecule is Cc1ccc(-c2noc(C3CC(O)CN3CC3CC3)n2)cc1F. The molecule has 2 aromatic rings. The van der Waals surface area contributed by atoms with E-state index in [9.17, 15) is 9.50 Å². The van der Waals surface area contributed by atoms with Gasteiger partial charge in [0.2, 0.25) is 11.7 Å². The molecule has 6 heteroatoms. The molecular weight excluding hydrogens is 297 g/mol. The van der Waals surface area contributed by atoms with Crippen LogP contribution in [0.1, 0.15) is 36.8 Å². The van der Waals surface area contributed by atoms with Gasteiger partial charge >= 0.3 is 0 Å². The Hall–Kier alpha value is -1.79. The van der Waals surface area contributed by atoms with Gasteiger partial charge in [-0.05, 0) is 43.7 Å². The van der Waals surface area contributed by atoms with Gasteiger partial charge in [-0.25, -0.2) is 4.39 Å². The normalized spacial score (nSPS) is 25.2. The number of aliphatic hydroxyl groups is 1. The molecular formula is C17H20FN3O2. The second-order valence-electron chi connectivity index (χ2n) is 6.72. The van der Waals surface area contributed by atoms with Gasteiger partial charge in [0.1, 0.15) is 5.82 Å². The van der Waals surface area contributed by atoms with Gasteiger partial charge in [0.25, 0.3) is 0 Å². The van der Waals surface area contributed by atoms with Crippen LogP contribution in [0.4, 0.5) is 4.39 Å². The highest BCUT2D eigenvalue weighted by atomic mass is 19.1. The standard InChI is InChI=1S/C17H20FN3O2/c1-10-2-5-12(6-14(10)18)16-19-17(23-20-16)15-7-13(22)9-21(15)8-11-3-4-11/h2,5-6,11,13,15,22H,3-4,7-9H2,1H3. The topological polar surface area (TPSA) is 62.4 Å². The zero-order chi connectivity index (χ0) is 16.0. The minimum absolute atomic E-state index is 0.0397. The van der Waals surface area contributed by atoms with Crippen LogP contribution >= 0.6 is 0 Å². The lowest BCUT2D eigenvalue weighted by Gasteiger charge is -2.20. The quantitative estimate of drug-likeness (QED) is 0.939. The summed E-state index contributed by atoms with van der Waals surface area (Å²) in [4.78, 5) is 6.68. The molecule has 2 heterocycles. The van der Waals surface area contributed by atoms with E-state index < -0.39 is 0 Å². The van der Waals surface area contributed by atoms with Crippen LogP contribution in [0.25, 0.3) is 11.4 Å². The maximum absolute atomic E-state index is 13.7. The molecule has 1 aliphatic heterocycles. The van der Waals surface area contributed by atoms with Crippen molar-refractivity contribution in [3.8, 4) is 11.4 Å². The molecule has 0 bridgehead atoms. The fourth-order valence-electron chi connectivity index (χ4n) is 3.19. The lowest BCUT2D eigenvalue weighted by atomic mass is 10.1. The van der Waals surface area contributed by atoms with E-state index in [0.717, 1.165) is 12.5 Å². The van der Waals surface area contributed by atoms with Gasteiger partial charge in [-0.3, -0.25) is 4.90 Å². The molecule has 0 amide bonds. The van der Waals surface area contributed by atoms with Crippen molar-refractivity contribution in [2.75, 3.05) is 13.1 Å². The highest BCUT2D eigenvalue weighted by Crippen LogP contribution is 2.37. The maximum atomic E-state index is 13.7. The monoisotopic (exact) mass is 317 g/mol. The number of rotatable bonds is 4. The second-order valence-corrected chi connectivity index (χ2v) is 6.72. The smallest absolute Gasteiger partial charge is 0.244 e. The van der Waals surface area contributed by atoms with Gasteiger partial charge in [-0.15, -0.1) is 0 Å². The Kier molecular flexibility index (Phi) is 3.66. The first-order valence-electron chi connectivity index (χ1n) is 8.12. The minimum atomic E-state index is -0.356. The van der Waals surface area contributed by atoms with Crippen LogP contribution in [0.2, 0.25) is 0 Å². The average Bonchev–Trinajstić information content (AvgIpc) is 3.06. The molecule has 2 atom stereocenters. The summed E-state index contributed by atoms with van der Waals surface area (Å²) in [6.45, 7) is 3.34. The predicted molar refractivity (Wildman–Crippen MR) is 82.1 cm³/mol. The second kappa shape index (κ2) is 5.69. The van der Waals surface area contributed by atoms with Crippen molar-refractivity contribution in [1.29, 1.82) is 0 Å². The fourth-order valence-corrected chi connectivity index (χ4v) is 3.19. The number of likely N-dealkylation sites (tertiary alicyclic amines) is 1. The first-order chi connectivity index (χ1) is 11.1. The Morgan fingerprint density at radius 3 is 2.96 bits per heavy atom. The van der Waals surface area contributed by atoms with Gasteiger partial charge in [-0.2, -0.15) is 4.98 Å². The van der Waals surface area contributed by atoms with E-state index in [1.54, 1.807) is 19.1 Å². The Morgan fingerprint density at radius 1 is 1.39 bits per heavy atom. The summed E-state index contributed by atoms with van der Waals surface area (Å²) in [7, 11) is 0. The Morgan fingerprint density at radius 2 is 2.22 bits per heavy atom. The van der Waals surface area contributed by atoms with Crippen LogP contribution in [0.5, 0.6) is 0 Å². The van der Waals surface area contributed by atoms with Crippen molar-refractivity contribution in [1.82, 2.24) is 15.0 Å². The number of aryl methyl sites for hydroxylation is 1. The molecule has 2 aliphatic rings. The number of halogens is 1. The highest BCUT2D eigenvalue weighted by Gasteiger charge is 2.38. The molecule has 1 aromatic carbocycles. The van der Waals surface area contributed by atoms with Crippen molar-refractivity contribution in [3.63, 3.8) is 0 Å². The van der Waals surface area contributed by atoms with E-state index in [2.05, 4.69) is 15.0 Å². The highest BCUT2D eigenvalue weighted by molar-refractivity contribution is 5.55. The van der Waals surface area contributed by atoms with E-state index in [4.69, 9.17) is 4.52 Å². The zero-order valence-electron chi connectivity index (χ0n) is 13.1. The minimum Gasteiger partial charge on any atom is -0.392 e. The maximum Gasteiger partial charge on any atom is 0.244 e. The van der Waals surface area contributed by atoms with Gasteiger partial charge in [0, 0.05) is 18.7 Å². The summed E-state index contributed by atoms with van der Waals surface area (Å²) in [6.07, 6.45) is 2.77. The molecule has 4 rings (SSSR count). The number of hydrogen-bond acceptors (Lipinski definition) is 5. The number of nitrogens with zero attached hydrogens (tertiary/aromatic N) is 3. The molecule has 1 saturated heterocycles. The lowest BCUT2D eigenvalue weighted by molar-refractivity contribution is 0.170. The zero-order valence-corrected chi connectivity index (χ0v) is 13.1. The van der Waals surface area contributed by atoms with Crippen LogP contribution in [-0.4, -0.2) is 39.3 Å². The van der Waals surface area contributed by atoms with Crippen molar-refractivity contribution in [2.45, 2.75) is 38.3 Å². The summed E-state index contributed by atoms with van der Waals surface area (Å²) >= 11 is 0. The predicted octanol–water partition coefficient (Wildman–Crippen LogP) is 2.70.